The molecule has 0 aromatic carbocycles. The molecule has 2 N–H and O–H groups in total. The maximum absolute atomic E-state index is 11.4. The van der Waals surface area contributed by atoms with Crippen LogP contribution in [0, 0.1) is 0 Å². The predicted molar refractivity (Wildman–Crippen MR) is 48.7 cm³/mol. The maximum Gasteiger partial charge on any atom is 0.338 e. The molecule has 1 aliphatic rings. The van der Waals surface area contributed by atoms with E-state index in [9.17, 15) is 4.79 Å². The molecule has 0 radical (unpaired) electrons. The lowest BCUT2D eigenvalue weighted by Gasteiger charge is -2.25. The molecule has 0 aliphatic carbocycles. The Morgan fingerprint density at radius 3 is 3.00 bits per heavy atom. The highest BCUT2D eigenvalue weighted by Crippen LogP contribution is 2.10. The van der Waals surface area contributed by atoms with Gasteiger partial charge in [0.15, 0.2) is 0 Å². The van der Waals surface area contributed by atoms with Crippen LogP contribution in [0.3, 0.4) is 0 Å². The average Bonchev–Trinajstić information content (AvgIpc) is 2.11. The van der Waals surface area contributed by atoms with Crippen molar-refractivity contribution in [2.24, 2.45) is 0 Å². The number of hydrogen-bond acceptors (Lipinski definition) is 5. The Bertz CT molecular complexity index is 350. The van der Waals surface area contributed by atoms with E-state index in [2.05, 4.69) is 4.98 Å². The molecule has 14 heavy (non-hydrogen) atoms. The molecule has 1 fully saturated rings. The summed E-state index contributed by atoms with van der Waals surface area (Å²) in [5.41, 5.74) is 5.85. The van der Waals surface area contributed by atoms with E-state index in [1.807, 2.05) is 0 Å². The van der Waals surface area contributed by atoms with E-state index in [4.69, 9.17) is 15.2 Å². The van der Waals surface area contributed by atoms with Gasteiger partial charge in [0.2, 0.25) is 0 Å². The first-order chi connectivity index (χ1) is 6.75. The van der Waals surface area contributed by atoms with Crippen molar-refractivity contribution in [2.75, 3.05) is 18.9 Å². The lowest BCUT2D eigenvalue weighted by Crippen LogP contribution is -2.37. The number of carbonyl (C=O) groups excluding carboxylic acids is 1. The number of carbonyl (C=O) groups is 1. The summed E-state index contributed by atoms with van der Waals surface area (Å²) in [7, 11) is 0. The van der Waals surface area contributed by atoms with Crippen LogP contribution >= 0.6 is 0 Å². The molecule has 0 saturated carbocycles. The molecule has 1 saturated heterocycles. The van der Waals surface area contributed by atoms with Crippen molar-refractivity contribution in [2.45, 2.75) is 6.10 Å². The molecule has 0 bridgehead atoms. The van der Waals surface area contributed by atoms with Crippen molar-refractivity contribution in [3.8, 4) is 0 Å². The molecule has 5 nitrogen and oxygen atoms in total. The van der Waals surface area contributed by atoms with E-state index >= 15 is 0 Å². The fourth-order valence-electron chi connectivity index (χ4n) is 1.08. The summed E-state index contributed by atoms with van der Waals surface area (Å²) in [6, 6.07) is 3.06. The Hall–Kier alpha value is -1.62. The van der Waals surface area contributed by atoms with E-state index in [1.165, 1.54) is 12.3 Å². The number of aromatic nitrogens is 1. The van der Waals surface area contributed by atoms with Gasteiger partial charge in [0, 0.05) is 6.20 Å². The smallest absolute Gasteiger partial charge is 0.338 e. The first-order valence-electron chi connectivity index (χ1n) is 4.26. The van der Waals surface area contributed by atoms with E-state index in [-0.39, 0.29) is 12.1 Å². The van der Waals surface area contributed by atoms with Gasteiger partial charge < -0.3 is 15.2 Å². The normalized spacial score (nSPS) is 16.0. The topological polar surface area (TPSA) is 74.4 Å². The van der Waals surface area contributed by atoms with Gasteiger partial charge in [-0.3, -0.25) is 0 Å². The molecule has 1 aliphatic heterocycles. The Morgan fingerprint density at radius 1 is 1.64 bits per heavy atom. The third kappa shape index (κ3) is 1.82. The van der Waals surface area contributed by atoms with E-state index in [1.54, 1.807) is 6.07 Å². The van der Waals surface area contributed by atoms with Crippen molar-refractivity contribution >= 4 is 11.8 Å². The van der Waals surface area contributed by atoms with Crippen molar-refractivity contribution in [1.29, 1.82) is 0 Å². The van der Waals surface area contributed by atoms with Gasteiger partial charge in [-0.2, -0.15) is 0 Å². The van der Waals surface area contributed by atoms with Crippen LogP contribution in [0.5, 0.6) is 0 Å². The largest absolute Gasteiger partial charge is 0.454 e. The number of anilines is 1. The van der Waals surface area contributed by atoms with E-state index < -0.39 is 0 Å². The van der Waals surface area contributed by atoms with Gasteiger partial charge in [-0.1, -0.05) is 0 Å². The molecule has 74 valence electrons. The zero-order valence-electron chi connectivity index (χ0n) is 7.47. The molecule has 1 aromatic heterocycles. The van der Waals surface area contributed by atoms with E-state index in [0.717, 1.165) is 0 Å². The summed E-state index contributed by atoms with van der Waals surface area (Å²) >= 11 is 0. The van der Waals surface area contributed by atoms with Crippen LogP contribution in [0.4, 0.5) is 5.82 Å². The second kappa shape index (κ2) is 3.63. The Kier molecular flexibility index (Phi) is 2.32. The van der Waals surface area contributed by atoms with Gasteiger partial charge in [0.25, 0.3) is 0 Å². The lowest BCUT2D eigenvalue weighted by molar-refractivity contribution is -0.103. The minimum absolute atomic E-state index is 0.114. The molecule has 2 rings (SSSR count). The van der Waals surface area contributed by atoms with Gasteiger partial charge in [0.05, 0.1) is 18.8 Å². The highest BCUT2D eigenvalue weighted by molar-refractivity contribution is 5.90. The number of esters is 1. The number of ether oxygens (including phenoxy) is 2. The summed E-state index contributed by atoms with van der Waals surface area (Å²) in [4.78, 5) is 15.2. The molecule has 2 heterocycles. The average molecular weight is 194 g/mol. The number of nitrogens with two attached hydrogens (primary N) is 1. The second-order valence-corrected chi connectivity index (χ2v) is 3.03. The Labute approximate surface area is 80.8 Å². The molecule has 5 heteroatoms. The zero-order valence-corrected chi connectivity index (χ0v) is 7.47. The SMILES string of the molecule is Nc1cc(C(=O)OC2COC2)ccn1. The van der Waals surface area contributed by atoms with Crippen LogP contribution in [-0.2, 0) is 9.47 Å². The fraction of sp³-hybridized carbons (Fsp3) is 0.333. The quantitative estimate of drug-likeness (QED) is 0.681. The highest BCUT2D eigenvalue weighted by atomic mass is 16.6. The Morgan fingerprint density at radius 2 is 2.43 bits per heavy atom. The van der Waals surface area contributed by atoms with Crippen LogP contribution in [0.2, 0.25) is 0 Å². The summed E-state index contributed by atoms with van der Waals surface area (Å²) in [5.74, 6) is -0.0725. The molecule has 0 amide bonds. The number of nitrogens with zero attached hydrogens (tertiary/aromatic N) is 1. The monoisotopic (exact) mass is 194 g/mol. The first-order valence-corrected chi connectivity index (χ1v) is 4.26. The minimum atomic E-state index is -0.382. The second-order valence-electron chi connectivity index (χ2n) is 3.03. The summed E-state index contributed by atoms with van der Waals surface area (Å²) in [6.07, 6.45) is 1.36. The predicted octanol–water partition coefficient (Wildman–Crippen LogP) is 0.219. The number of rotatable bonds is 2. The molecular formula is C9H10N2O3. The summed E-state index contributed by atoms with van der Waals surface area (Å²) < 4.78 is 9.96. The number of hydrogen-bond donors (Lipinski definition) is 1. The third-order valence-corrected chi connectivity index (χ3v) is 1.90. The summed E-state index contributed by atoms with van der Waals surface area (Å²) in [5, 5.41) is 0. The fourth-order valence-corrected chi connectivity index (χ4v) is 1.08. The molecule has 1 aromatic rings. The van der Waals surface area contributed by atoms with Gasteiger partial charge in [-0.25, -0.2) is 9.78 Å². The molecule has 0 spiro atoms. The van der Waals surface area contributed by atoms with Crippen LogP contribution in [0.15, 0.2) is 18.3 Å². The maximum atomic E-state index is 11.4. The first kappa shape index (κ1) is 8.96. The molecule has 0 atom stereocenters. The Balaban J connectivity index is 2.02. The van der Waals surface area contributed by atoms with Crippen molar-refractivity contribution < 1.29 is 14.3 Å². The molecule has 0 unspecified atom stereocenters. The third-order valence-electron chi connectivity index (χ3n) is 1.90. The van der Waals surface area contributed by atoms with Crippen molar-refractivity contribution in [3.63, 3.8) is 0 Å². The zero-order chi connectivity index (χ0) is 9.97. The van der Waals surface area contributed by atoms with Gasteiger partial charge in [-0.15, -0.1) is 0 Å². The van der Waals surface area contributed by atoms with Gasteiger partial charge >= 0.3 is 5.97 Å². The van der Waals surface area contributed by atoms with Crippen LogP contribution in [0.1, 0.15) is 10.4 Å². The number of pyridine rings is 1. The molecular weight excluding hydrogens is 184 g/mol. The van der Waals surface area contributed by atoms with Crippen LogP contribution < -0.4 is 5.73 Å². The standard InChI is InChI=1S/C9H10N2O3/c10-8-3-6(1-2-11-8)9(12)14-7-4-13-5-7/h1-3,7H,4-5H2,(H2,10,11). The van der Waals surface area contributed by atoms with Crippen LogP contribution in [-0.4, -0.2) is 30.3 Å². The number of nitrogen functional groups attached to an aromatic ring is 1. The van der Waals surface area contributed by atoms with Crippen molar-refractivity contribution in [1.82, 2.24) is 4.98 Å². The van der Waals surface area contributed by atoms with Gasteiger partial charge in [-0.05, 0) is 12.1 Å². The highest BCUT2D eigenvalue weighted by Gasteiger charge is 2.23. The van der Waals surface area contributed by atoms with Crippen molar-refractivity contribution in [3.05, 3.63) is 23.9 Å². The minimum Gasteiger partial charge on any atom is -0.454 e. The van der Waals surface area contributed by atoms with E-state index in [0.29, 0.717) is 24.6 Å². The van der Waals surface area contributed by atoms with Gasteiger partial charge in [0.1, 0.15) is 11.9 Å². The van der Waals surface area contributed by atoms with Crippen LogP contribution in [0.25, 0.3) is 0 Å². The summed E-state index contributed by atoms with van der Waals surface area (Å²) in [6.45, 7) is 0.957. The lowest BCUT2D eigenvalue weighted by atomic mass is 10.2.